The molecule has 1 N–H and O–H groups in total. The third kappa shape index (κ3) is 3.22. The molecule has 3 aromatic carbocycles. The second-order valence-corrected chi connectivity index (χ2v) is 5.26. The van der Waals surface area contributed by atoms with E-state index in [0.29, 0.717) is 6.61 Å². The van der Waals surface area contributed by atoms with Gasteiger partial charge in [-0.2, -0.15) is 0 Å². The van der Waals surface area contributed by atoms with Crippen LogP contribution in [0.25, 0.3) is 10.8 Å². The summed E-state index contributed by atoms with van der Waals surface area (Å²) in [4.78, 5) is 0. The van der Waals surface area contributed by atoms with Gasteiger partial charge >= 0.3 is 0 Å². The standard InChI is InChI=1S/C20H21NO/c1-2-16-8-4-6-12-19(16)21-14-15-22-20-13-7-10-17-9-3-5-11-18(17)20/h3-13,21H,2,14-15H2,1H3. The summed E-state index contributed by atoms with van der Waals surface area (Å²) in [6.45, 7) is 3.61. The van der Waals surface area contributed by atoms with E-state index in [0.717, 1.165) is 18.7 Å². The Balaban J connectivity index is 1.61. The second kappa shape index (κ2) is 6.99. The first kappa shape index (κ1) is 14.5. The van der Waals surface area contributed by atoms with Crippen molar-refractivity contribution < 1.29 is 4.74 Å². The topological polar surface area (TPSA) is 21.3 Å². The van der Waals surface area contributed by atoms with Crippen LogP contribution < -0.4 is 10.1 Å². The summed E-state index contributed by atoms with van der Waals surface area (Å²) in [5.74, 6) is 0.948. The SMILES string of the molecule is CCc1ccccc1NCCOc1cccc2ccccc12. The van der Waals surface area contributed by atoms with Gasteiger partial charge < -0.3 is 10.1 Å². The van der Waals surface area contributed by atoms with E-state index in [1.54, 1.807) is 0 Å². The van der Waals surface area contributed by atoms with Crippen LogP contribution in [-0.4, -0.2) is 13.2 Å². The van der Waals surface area contributed by atoms with Crippen LogP contribution >= 0.6 is 0 Å². The Morgan fingerprint density at radius 2 is 1.64 bits per heavy atom. The first-order valence-electron chi connectivity index (χ1n) is 7.81. The van der Waals surface area contributed by atoms with Crippen molar-refractivity contribution in [1.82, 2.24) is 0 Å². The lowest BCUT2D eigenvalue weighted by molar-refractivity contribution is 0.337. The highest BCUT2D eigenvalue weighted by molar-refractivity contribution is 5.88. The van der Waals surface area contributed by atoms with Crippen LogP contribution in [0.3, 0.4) is 0 Å². The lowest BCUT2D eigenvalue weighted by atomic mass is 10.1. The Kier molecular flexibility index (Phi) is 4.59. The third-order valence-electron chi connectivity index (χ3n) is 3.82. The van der Waals surface area contributed by atoms with Gasteiger partial charge in [-0.25, -0.2) is 0 Å². The van der Waals surface area contributed by atoms with E-state index >= 15 is 0 Å². The molecule has 0 spiro atoms. The fraction of sp³-hybridized carbons (Fsp3) is 0.200. The number of para-hydroxylation sites is 1. The Morgan fingerprint density at radius 3 is 2.55 bits per heavy atom. The monoisotopic (exact) mass is 291 g/mol. The molecule has 3 aromatic rings. The zero-order chi connectivity index (χ0) is 15.2. The lowest BCUT2D eigenvalue weighted by Crippen LogP contribution is -2.12. The van der Waals surface area contributed by atoms with Crippen molar-refractivity contribution in [2.45, 2.75) is 13.3 Å². The van der Waals surface area contributed by atoms with E-state index in [1.165, 1.54) is 22.0 Å². The van der Waals surface area contributed by atoms with E-state index in [2.05, 4.69) is 60.8 Å². The molecule has 0 aliphatic heterocycles. The van der Waals surface area contributed by atoms with E-state index < -0.39 is 0 Å². The number of hydrogen-bond donors (Lipinski definition) is 1. The number of hydrogen-bond acceptors (Lipinski definition) is 2. The molecular formula is C20H21NO. The first-order chi connectivity index (χ1) is 10.9. The van der Waals surface area contributed by atoms with Gasteiger partial charge in [0.15, 0.2) is 0 Å². The maximum Gasteiger partial charge on any atom is 0.127 e. The normalized spacial score (nSPS) is 10.6. The average Bonchev–Trinajstić information content (AvgIpc) is 2.59. The van der Waals surface area contributed by atoms with E-state index in [-0.39, 0.29) is 0 Å². The quantitative estimate of drug-likeness (QED) is 0.653. The van der Waals surface area contributed by atoms with Crippen LogP contribution in [0, 0.1) is 0 Å². The highest BCUT2D eigenvalue weighted by Gasteiger charge is 2.02. The maximum absolute atomic E-state index is 5.95. The molecule has 0 aliphatic rings. The Morgan fingerprint density at radius 1 is 0.864 bits per heavy atom. The molecule has 0 saturated heterocycles. The fourth-order valence-electron chi connectivity index (χ4n) is 2.67. The van der Waals surface area contributed by atoms with Crippen molar-refractivity contribution >= 4 is 16.5 Å². The Hall–Kier alpha value is -2.48. The van der Waals surface area contributed by atoms with Crippen LogP contribution in [0.4, 0.5) is 5.69 Å². The molecule has 0 fully saturated rings. The number of rotatable bonds is 6. The fourth-order valence-corrected chi connectivity index (χ4v) is 2.67. The zero-order valence-corrected chi connectivity index (χ0v) is 12.9. The third-order valence-corrected chi connectivity index (χ3v) is 3.82. The number of anilines is 1. The largest absolute Gasteiger partial charge is 0.491 e. The summed E-state index contributed by atoms with van der Waals surface area (Å²) in [5.41, 5.74) is 2.54. The summed E-state index contributed by atoms with van der Waals surface area (Å²) in [5, 5.41) is 5.84. The van der Waals surface area contributed by atoms with Crippen LogP contribution in [0.5, 0.6) is 5.75 Å². The van der Waals surface area contributed by atoms with Crippen molar-refractivity contribution in [3.8, 4) is 5.75 Å². The predicted molar refractivity (Wildman–Crippen MR) is 93.8 cm³/mol. The second-order valence-electron chi connectivity index (χ2n) is 5.26. The van der Waals surface area contributed by atoms with Gasteiger partial charge in [-0.3, -0.25) is 0 Å². The van der Waals surface area contributed by atoms with Crippen molar-refractivity contribution in [2.24, 2.45) is 0 Å². The molecule has 3 rings (SSSR count). The van der Waals surface area contributed by atoms with Gasteiger partial charge in [0.1, 0.15) is 12.4 Å². The van der Waals surface area contributed by atoms with Gasteiger partial charge in [-0.15, -0.1) is 0 Å². The molecule has 2 nitrogen and oxygen atoms in total. The smallest absolute Gasteiger partial charge is 0.127 e. The number of ether oxygens (including phenoxy) is 1. The van der Waals surface area contributed by atoms with Crippen molar-refractivity contribution in [3.63, 3.8) is 0 Å². The summed E-state index contributed by atoms with van der Waals surface area (Å²) < 4.78 is 5.95. The van der Waals surface area contributed by atoms with E-state index in [1.807, 2.05) is 18.2 Å². The minimum atomic E-state index is 0.645. The highest BCUT2D eigenvalue weighted by atomic mass is 16.5. The molecular weight excluding hydrogens is 270 g/mol. The number of benzene rings is 3. The molecule has 2 heteroatoms. The van der Waals surface area contributed by atoms with Gasteiger partial charge in [0.2, 0.25) is 0 Å². The highest BCUT2D eigenvalue weighted by Crippen LogP contribution is 2.25. The predicted octanol–water partition coefficient (Wildman–Crippen LogP) is 4.89. The molecule has 0 radical (unpaired) electrons. The molecule has 0 heterocycles. The average molecular weight is 291 g/mol. The van der Waals surface area contributed by atoms with Gasteiger partial charge in [-0.05, 0) is 29.5 Å². The summed E-state index contributed by atoms with van der Waals surface area (Å²) in [6.07, 6.45) is 1.04. The minimum absolute atomic E-state index is 0.645. The van der Waals surface area contributed by atoms with E-state index in [4.69, 9.17) is 4.74 Å². The Bertz CT molecular complexity index is 746. The van der Waals surface area contributed by atoms with Crippen LogP contribution in [0.1, 0.15) is 12.5 Å². The molecule has 112 valence electrons. The maximum atomic E-state index is 5.95. The number of aryl methyl sites for hydroxylation is 1. The molecule has 0 aliphatic carbocycles. The van der Waals surface area contributed by atoms with Crippen LogP contribution in [0.15, 0.2) is 66.7 Å². The number of fused-ring (bicyclic) bond motifs is 1. The molecule has 0 bridgehead atoms. The molecule has 0 amide bonds. The molecule has 22 heavy (non-hydrogen) atoms. The summed E-state index contributed by atoms with van der Waals surface area (Å²) >= 11 is 0. The first-order valence-corrected chi connectivity index (χ1v) is 7.81. The number of nitrogens with one attached hydrogen (secondary N) is 1. The Labute approximate surface area is 131 Å². The van der Waals surface area contributed by atoms with Crippen molar-refractivity contribution in [1.29, 1.82) is 0 Å². The molecule has 0 unspecified atom stereocenters. The molecule has 0 atom stereocenters. The summed E-state index contributed by atoms with van der Waals surface area (Å²) in [7, 11) is 0. The van der Waals surface area contributed by atoms with Gasteiger partial charge in [0.05, 0.1) is 0 Å². The summed E-state index contributed by atoms with van der Waals surface area (Å²) in [6, 6.07) is 22.9. The molecule has 0 saturated carbocycles. The lowest BCUT2D eigenvalue weighted by Gasteiger charge is -2.12. The minimum Gasteiger partial charge on any atom is -0.491 e. The van der Waals surface area contributed by atoms with Crippen molar-refractivity contribution in [2.75, 3.05) is 18.5 Å². The zero-order valence-electron chi connectivity index (χ0n) is 12.9. The van der Waals surface area contributed by atoms with Crippen molar-refractivity contribution in [3.05, 3.63) is 72.3 Å². The van der Waals surface area contributed by atoms with Gasteiger partial charge in [-0.1, -0.05) is 61.5 Å². The van der Waals surface area contributed by atoms with Crippen LogP contribution in [0.2, 0.25) is 0 Å². The van der Waals surface area contributed by atoms with Crippen LogP contribution in [-0.2, 0) is 6.42 Å². The van der Waals surface area contributed by atoms with Gasteiger partial charge in [0, 0.05) is 17.6 Å². The van der Waals surface area contributed by atoms with E-state index in [9.17, 15) is 0 Å². The molecule has 0 aromatic heterocycles. The van der Waals surface area contributed by atoms with Gasteiger partial charge in [0.25, 0.3) is 0 Å².